The van der Waals surface area contributed by atoms with E-state index in [0.717, 1.165) is 13.0 Å². The second-order valence-electron chi connectivity index (χ2n) is 4.34. The van der Waals surface area contributed by atoms with Crippen LogP contribution in [0.25, 0.3) is 0 Å². The van der Waals surface area contributed by atoms with Crippen molar-refractivity contribution >= 4 is 15.7 Å². The van der Waals surface area contributed by atoms with E-state index in [-0.39, 0.29) is 23.5 Å². The van der Waals surface area contributed by atoms with Gasteiger partial charge in [0.05, 0.1) is 18.1 Å². The van der Waals surface area contributed by atoms with E-state index in [1.807, 2.05) is 5.32 Å². The van der Waals surface area contributed by atoms with Gasteiger partial charge >= 0.3 is 0 Å². The summed E-state index contributed by atoms with van der Waals surface area (Å²) in [5.41, 5.74) is 0. The number of carbonyl (C=O) groups excluding carboxylic acids is 1. The first-order valence-corrected chi connectivity index (χ1v) is 7.56. The highest BCUT2D eigenvalue weighted by molar-refractivity contribution is 7.91. The molecule has 16 heavy (non-hydrogen) atoms. The Labute approximate surface area is 97.1 Å². The van der Waals surface area contributed by atoms with Crippen molar-refractivity contribution in [3.05, 3.63) is 0 Å². The summed E-state index contributed by atoms with van der Waals surface area (Å²) in [5, 5.41) is 1.96. The molecule has 1 amide bonds. The van der Waals surface area contributed by atoms with Crippen molar-refractivity contribution in [3.63, 3.8) is 0 Å². The second kappa shape index (κ2) is 5.63. The second-order valence-corrected chi connectivity index (χ2v) is 6.57. The number of sulfone groups is 1. The Kier molecular flexibility index (Phi) is 4.73. The van der Waals surface area contributed by atoms with Gasteiger partial charge in [0.15, 0.2) is 16.4 Å². The fourth-order valence-electron chi connectivity index (χ4n) is 1.86. The minimum atomic E-state index is -2.90. The van der Waals surface area contributed by atoms with Gasteiger partial charge in [-0.25, -0.2) is 8.42 Å². The molecule has 1 rings (SSSR count). The quantitative estimate of drug-likeness (QED) is 0.610. The Morgan fingerprint density at radius 1 is 1.50 bits per heavy atom. The normalized spacial score (nSPS) is 23.2. The van der Waals surface area contributed by atoms with Crippen molar-refractivity contribution in [1.82, 2.24) is 4.90 Å². The van der Waals surface area contributed by atoms with Crippen molar-refractivity contribution in [1.29, 1.82) is 0 Å². The average Bonchev–Trinajstić information content (AvgIpc) is 2.58. The topological polar surface area (TPSA) is 71.1 Å². The smallest absolute Gasteiger partial charge is 0.277 e. The summed E-state index contributed by atoms with van der Waals surface area (Å²) < 4.78 is 22.6. The van der Waals surface area contributed by atoms with Gasteiger partial charge in [0.1, 0.15) is 0 Å². The van der Waals surface area contributed by atoms with Crippen LogP contribution >= 0.6 is 0 Å². The molecular weight excluding hydrogens is 228 g/mol. The number of amides is 1. The first-order chi connectivity index (χ1) is 7.46. The van der Waals surface area contributed by atoms with Crippen LogP contribution in [0.15, 0.2) is 0 Å². The van der Waals surface area contributed by atoms with Crippen LogP contribution in [-0.4, -0.2) is 56.9 Å². The molecular formula is C10H21N2O3S+. The lowest BCUT2D eigenvalue weighted by Crippen LogP contribution is -2.86. The minimum absolute atomic E-state index is 0.0237. The number of carbonyl (C=O) groups is 1. The third-order valence-corrected chi connectivity index (χ3v) is 4.71. The molecule has 0 unspecified atom stereocenters. The molecule has 5 nitrogen and oxygen atoms in total. The fourth-order valence-corrected chi connectivity index (χ4v) is 3.63. The number of hydrogen-bond donors (Lipinski definition) is 1. The van der Waals surface area contributed by atoms with E-state index < -0.39 is 9.84 Å². The number of rotatable bonds is 5. The third kappa shape index (κ3) is 3.75. The Morgan fingerprint density at radius 2 is 2.19 bits per heavy atom. The van der Waals surface area contributed by atoms with Crippen LogP contribution in [-0.2, 0) is 14.6 Å². The van der Waals surface area contributed by atoms with Gasteiger partial charge in [0, 0.05) is 13.1 Å². The van der Waals surface area contributed by atoms with E-state index in [9.17, 15) is 13.2 Å². The minimum Gasteiger partial charge on any atom is -0.338 e. The molecule has 2 N–H and O–H groups in total. The van der Waals surface area contributed by atoms with Crippen LogP contribution in [0.3, 0.4) is 0 Å². The highest BCUT2D eigenvalue weighted by Gasteiger charge is 2.32. The lowest BCUT2D eigenvalue weighted by Gasteiger charge is -2.22. The molecule has 0 aliphatic carbocycles. The van der Waals surface area contributed by atoms with E-state index in [0.29, 0.717) is 13.0 Å². The van der Waals surface area contributed by atoms with Gasteiger partial charge in [-0.2, -0.15) is 0 Å². The number of hydrogen-bond acceptors (Lipinski definition) is 3. The van der Waals surface area contributed by atoms with Gasteiger partial charge in [-0.1, -0.05) is 6.92 Å². The van der Waals surface area contributed by atoms with Crippen LogP contribution in [0.5, 0.6) is 0 Å². The van der Waals surface area contributed by atoms with E-state index in [1.54, 1.807) is 11.9 Å². The van der Waals surface area contributed by atoms with Crippen LogP contribution in [0.4, 0.5) is 0 Å². The number of nitrogens with zero attached hydrogens (tertiary/aromatic N) is 1. The van der Waals surface area contributed by atoms with Gasteiger partial charge in [0.25, 0.3) is 5.91 Å². The maximum absolute atomic E-state index is 11.7. The zero-order chi connectivity index (χ0) is 12.2. The molecule has 1 aliphatic rings. The van der Waals surface area contributed by atoms with E-state index in [2.05, 4.69) is 6.92 Å². The third-order valence-electron chi connectivity index (χ3n) is 2.96. The largest absolute Gasteiger partial charge is 0.338 e. The Bertz CT molecular complexity index is 340. The molecule has 0 aromatic carbocycles. The molecule has 6 heteroatoms. The van der Waals surface area contributed by atoms with Crippen molar-refractivity contribution < 1.29 is 18.5 Å². The lowest BCUT2D eigenvalue weighted by atomic mass is 10.2. The standard InChI is InChI=1S/C10H20N2O3S/c1-3-5-11-7-10(13)12(2)9-4-6-16(14,15)8-9/h9,11H,3-8H2,1-2H3/p+1/t9-/m1/s1. The zero-order valence-corrected chi connectivity index (χ0v) is 10.8. The maximum atomic E-state index is 11.7. The molecule has 0 aromatic rings. The van der Waals surface area contributed by atoms with E-state index in [4.69, 9.17) is 0 Å². The Hall–Kier alpha value is -0.620. The van der Waals surface area contributed by atoms with Gasteiger partial charge in [0.2, 0.25) is 0 Å². The fraction of sp³-hybridized carbons (Fsp3) is 0.900. The number of nitrogens with two attached hydrogens (primary N) is 1. The maximum Gasteiger partial charge on any atom is 0.277 e. The molecule has 0 radical (unpaired) electrons. The van der Waals surface area contributed by atoms with Crippen molar-refractivity contribution in [2.75, 3.05) is 31.6 Å². The number of likely N-dealkylation sites (N-methyl/N-ethyl adjacent to an activating group) is 1. The Morgan fingerprint density at radius 3 is 2.69 bits per heavy atom. The summed E-state index contributed by atoms with van der Waals surface area (Å²) in [4.78, 5) is 13.3. The predicted octanol–water partition coefficient (Wildman–Crippen LogP) is -1.39. The van der Waals surface area contributed by atoms with E-state index in [1.165, 1.54) is 0 Å². The first kappa shape index (κ1) is 13.4. The monoisotopic (exact) mass is 249 g/mol. The summed E-state index contributed by atoms with van der Waals surface area (Å²) in [7, 11) is -1.20. The molecule has 1 saturated heterocycles. The molecule has 0 aromatic heterocycles. The van der Waals surface area contributed by atoms with Crippen molar-refractivity contribution in [2.24, 2.45) is 0 Å². The molecule has 0 bridgehead atoms. The first-order valence-electron chi connectivity index (χ1n) is 5.74. The lowest BCUT2D eigenvalue weighted by molar-refractivity contribution is -0.644. The molecule has 94 valence electrons. The summed E-state index contributed by atoms with van der Waals surface area (Å²) in [5.74, 6) is 0.368. The molecule has 0 saturated carbocycles. The van der Waals surface area contributed by atoms with Crippen LogP contribution < -0.4 is 5.32 Å². The van der Waals surface area contributed by atoms with Crippen LogP contribution in [0, 0.1) is 0 Å². The van der Waals surface area contributed by atoms with E-state index >= 15 is 0 Å². The van der Waals surface area contributed by atoms with Gasteiger partial charge in [-0.3, -0.25) is 4.79 Å². The average molecular weight is 249 g/mol. The zero-order valence-electron chi connectivity index (χ0n) is 9.98. The summed E-state index contributed by atoms with van der Waals surface area (Å²) in [6.45, 7) is 3.41. The number of quaternary nitrogens is 1. The van der Waals surface area contributed by atoms with Crippen LogP contribution in [0.1, 0.15) is 19.8 Å². The molecule has 1 aliphatic heterocycles. The Balaban J connectivity index is 2.40. The SMILES string of the molecule is CCC[NH2+]CC(=O)N(C)[C@@H]1CCS(=O)(=O)C1. The van der Waals surface area contributed by atoms with Gasteiger partial charge in [-0.15, -0.1) is 0 Å². The molecule has 1 heterocycles. The summed E-state index contributed by atoms with van der Waals surface area (Å²) in [6, 6.07) is -0.118. The predicted molar refractivity (Wildman–Crippen MR) is 61.8 cm³/mol. The highest BCUT2D eigenvalue weighted by Crippen LogP contribution is 2.16. The highest BCUT2D eigenvalue weighted by atomic mass is 32.2. The van der Waals surface area contributed by atoms with Crippen molar-refractivity contribution in [2.45, 2.75) is 25.8 Å². The van der Waals surface area contributed by atoms with Crippen LogP contribution in [0.2, 0.25) is 0 Å². The summed E-state index contributed by atoms with van der Waals surface area (Å²) in [6.07, 6.45) is 1.62. The van der Waals surface area contributed by atoms with Crippen molar-refractivity contribution in [3.8, 4) is 0 Å². The molecule has 0 spiro atoms. The summed E-state index contributed by atoms with van der Waals surface area (Å²) >= 11 is 0. The molecule has 1 atom stereocenters. The van der Waals surface area contributed by atoms with Gasteiger partial charge < -0.3 is 10.2 Å². The van der Waals surface area contributed by atoms with Gasteiger partial charge in [-0.05, 0) is 12.8 Å². The molecule has 1 fully saturated rings.